The molecule has 0 heterocycles. The van der Waals surface area contributed by atoms with Gasteiger partial charge < -0.3 is 10.1 Å². The predicted octanol–water partition coefficient (Wildman–Crippen LogP) is 1.10. The van der Waals surface area contributed by atoms with Crippen LogP contribution in [0.2, 0.25) is 0 Å². The fraction of sp³-hybridized carbons (Fsp3) is 1.00. The number of ether oxygens (including phenoxy) is 1. The van der Waals surface area contributed by atoms with Gasteiger partial charge in [0.25, 0.3) is 0 Å². The number of hydrogen-bond acceptors (Lipinski definition) is 3. The summed E-state index contributed by atoms with van der Waals surface area (Å²) >= 11 is 0. The van der Waals surface area contributed by atoms with Crippen LogP contribution in [-0.2, 0) is 4.74 Å². The molecule has 1 aliphatic rings. The van der Waals surface area contributed by atoms with Gasteiger partial charge in [0.05, 0.1) is 6.61 Å². The molecule has 1 aliphatic carbocycles. The Morgan fingerprint density at radius 3 is 2.71 bits per heavy atom. The molecule has 3 heteroatoms. The molecule has 0 bridgehead atoms. The largest absolute Gasteiger partial charge is 0.383 e. The van der Waals surface area contributed by atoms with Gasteiger partial charge in [-0.3, -0.25) is 4.90 Å². The van der Waals surface area contributed by atoms with Crippen LogP contribution in [0.5, 0.6) is 0 Å². The van der Waals surface area contributed by atoms with Crippen molar-refractivity contribution < 1.29 is 4.74 Å². The highest BCUT2D eigenvalue weighted by Gasteiger charge is 2.26. The van der Waals surface area contributed by atoms with E-state index in [1.165, 1.54) is 25.7 Å². The second-order valence-electron chi connectivity index (χ2n) is 4.22. The van der Waals surface area contributed by atoms with Crippen molar-refractivity contribution in [1.82, 2.24) is 10.2 Å². The Kier molecular flexibility index (Phi) is 5.45. The van der Waals surface area contributed by atoms with E-state index < -0.39 is 0 Å². The molecule has 2 unspecified atom stereocenters. The van der Waals surface area contributed by atoms with Crippen molar-refractivity contribution in [2.75, 3.05) is 34.4 Å². The van der Waals surface area contributed by atoms with Crippen LogP contribution < -0.4 is 5.32 Å². The van der Waals surface area contributed by atoms with E-state index >= 15 is 0 Å². The van der Waals surface area contributed by atoms with Gasteiger partial charge in [-0.2, -0.15) is 0 Å². The van der Waals surface area contributed by atoms with Crippen molar-refractivity contribution >= 4 is 0 Å². The van der Waals surface area contributed by atoms with Crippen LogP contribution in [0.4, 0.5) is 0 Å². The molecular weight excluding hydrogens is 176 g/mol. The van der Waals surface area contributed by atoms with Gasteiger partial charge in [0, 0.05) is 25.7 Å². The van der Waals surface area contributed by atoms with Crippen LogP contribution in [0, 0.1) is 0 Å². The molecule has 84 valence electrons. The molecule has 1 fully saturated rings. The summed E-state index contributed by atoms with van der Waals surface area (Å²) in [6, 6.07) is 1.37. The third-order valence-corrected chi connectivity index (χ3v) is 3.31. The van der Waals surface area contributed by atoms with E-state index in [1.54, 1.807) is 7.11 Å². The zero-order chi connectivity index (χ0) is 10.4. The predicted molar refractivity (Wildman–Crippen MR) is 59.6 cm³/mol. The minimum absolute atomic E-state index is 0.672. The lowest BCUT2D eigenvalue weighted by atomic mass is 9.89. The van der Waals surface area contributed by atoms with E-state index in [1.807, 2.05) is 0 Å². The maximum Gasteiger partial charge on any atom is 0.0589 e. The summed E-state index contributed by atoms with van der Waals surface area (Å²) in [5.74, 6) is 0. The fourth-order valence-corrected chi connectivity index (χ4v) is 2.38. The minimum atomic E-state index is 0.672. The van der Waals surface area contributed by atoms with Crippen molar-refractivity contribution in [3.05, 3.63) is 0 Å². The molecule has 2 atom stereocenters. The molecule has 0 aromatic carbocycles. The van der Waals surface area contributed by atoms with Crippen LogP contribution >= 0.6 is 0 Å². The Morgan fingerprint density at radius 1 is 1.36 bits per heavy atom. The molecule has 14 heavy (non-hydrogen) atoms. The van der Waals surface area contributed by atoms with Crippen LogP contribution in [0.15, 0.2) is 0 Å². The highest BCUT2D eigenvalue weighted by Crippen LogP contribution is 2.21. The molecule has 3 nitrogen and oxygen atoms in total. The summed E-state index contributed by atoms with van der Waals surface area (Å²) in [4.78, 5) is 2.43. The number of nitrogens with one attached hydrogen (secondary N) is 1. The van der Waals surface area contributed by atoms with E-state index in [4.69, 9.17) is 4.74 Å². The summed E-state index contributed by atoms with van der Waals surface area (Å²) in [6.07, 6.45) is 5.39. The lowest BCUT2D eigenvalue weighted by Crippen LogP contribution is -2.50. The molecule has 0 radical (unpaired) electrons. The second kappa shape index (κ2) is 6.38. The van der Waals surface area contributed by atoms with Gasteiger partial charge in [0.15, 0.2) is 0 Å². The van der Waals surface area contributed by atoms with Gasteiger partial charge in [0.1, 0.15) is 0 Å². The molecule has 1 rings (SSSR count). The van der Waals surface area contributed by atoms with Gasteiger partial charge in [0.2, 0.25) is 0 Å². The Morgan fingerprint density at radius 2 is 2.07 bits per heavy atom. The quantitative estimate of drug-likeness (QED) is 0.719. The lowest BCUT2D eigenvalue weighted by Gasteiger charge is -2.37. The summed E-state index contributed by atoms with van der Waals surface area (Å²) in [6.45, 7) is 1.88. The van der Waals surface area contributed by atoms with Gasteiger partial charge in [-0.15, -0.1) is 0 Å². The van der Waals surface area contributed by atoms with Gasteiger partial charge in [-0.1, -0.05) is 12.8 Å². The Labute approximate surface area is 87.8 Å². The van der Waals surface area contributed by atoms with E-state index in [2.05, 4.69) is 24.3 Å². The average molecular weight is 200 g/mol. The highest BCUT2D eigenvalue weighted by atomic mass is 16.5. The van der Waals surface area contributed by atoms with Crippen molar-refractivity contribution in [2.45, 2.75) is 37.8 Å². The first-order valence-corrected chi connectivity index (χ1v) is 5.66. The molecule has 0 saturated heterocycles. The zero-order valence-electron chi connectivity index (χ0n) is 9.75. The van der Waals surface area contributed by atoms with E-state index in [-0.39, 0.29) is 0 Å². The number of hydrogen-bond donors (Lipinski definition) is 1. The van der Waals surface area contributed by atoms with Crippen LogP contribution in [-0.4, -0.2) is 51.3 Å². The number of rotatable bonds is 5. The first-order valence-electron chi connectivity index (χ1n) is 5.66. The summed E-state index contributed by atoms with van der Waals surface area (Å²) < 4.78 is 5.11. The van der Waals surface area contributed by atoms with Crippen LogP contribution in [0.3, 0.4) is 0 Å². The Balaban J connectivity index is 2.37. The first-order chi connectivity index (χ1) is 6.79. The molecular formula is C11H24N2O. The molecule has 0 amide bonds. The minimum Gasteiger partial charge on any atom is -0.383 e. The maximum absolute atomic E-state index is 5.11. The average Bonchev–Trinajstić information content (AvgIpc) is 2.25. The molecule has 1 N–H and O–H groups in total. The number of nitrogens with zero attached hydrogens (tertiary/aromatic N) is 1. The Bertz CT molecular complexity index is 152. The first kappa shape index (κ1) is 12.0. The standard InChI is InChI=1S/C11H24N2O/c1-12-10-6-4-5-7-11(10)13(2)8-9-14-3/h10-12H,4-9H2,1-3H3. The molecule has 0 spiro atoms. The second-order valence-corrected chi connectivity index (χ2v) is 4.22. The molecule has 0 aliphatic heterocycles. The van der Waals surface area contributed by atoms with E-state index in [0.29, 0.717) is 12.1 Å². The van der Waals surface area contributed by atoms with E-state index in [0.717, 1.165) is 13.2 Å². The molecule has 1 saturated carbocycles. The highest BCUT2D eigenvalue weighted by molar-refractivity contribution is 4.86. The summed E-state index contributed by atoms with van der Waals surface area (Å²) in [5, 5.41) is 3.43. The summed E-state index contributed by atoms with van der Waals surface area (Å²) in [5.41, 5.74) is 0. The fourth-order valence-electron chi connectivity index (χ4n) is 2.38. The van der Waals surface area contributed by atoms with Crippen molar-refractivity contribution in [3.8, 4) is 0 Å². The topological polar surface area (TPSA) is 24.5 Å². The zero-order valence-corrected chi connectivity index (χ0v) is 9.75. The number of methoxy groups -OCH3 is 1. The Hall–Kier alpha value is -0.120. The number of likely N-dealkylation sites (N-methyl/N-ethyl adjacent to an activating group) is 2. The van der Waals surface area contributed by atoms with Crippen LogP contribution in [0.1, 0.15) is 25.7 Å². The molecule has 0 aromatic rings. The van der Waals surface area contributed by atoms with Crippen molar-refractivity contribution in [2.24, 2.45) is 0 Å². The normalized spacial score (nSPS) is 28.3. The summed E-state index contributed by atoms with van der Waals surface area (Å²) in [7, 11) is 6.05. The monoisotopic (exact) mass is 200 g/mol. The smallest absolute Gasteiger partial charge is 0.0589 e. The third kappa shape index (κ3) is 3.23. The van der Waals surface area contributed by atoms with Gasteiger partial charge >= 0.3 is 0 Å². The van der Waals surface area contributed by atoms with Crippen molar-refractivity contribution in [1.29, 1.82) is 0 Å². The van der Waals surface area contributed by atoms with Crippen molar-refractivity contribution in [3.63, 3.8) is 0 Å². The third-order valence-electron chi connectivity index (χ3n) is 3.31. The van der Waals surface area contributed by atoms with Crippen LogP contribution in [0.25, 0.3) is 0 Å². The molecule has 0 aromatic heterocycles. The lowest BCUT2D eigenvalue weighted by molar-refractivity contribution is 0.106. The maximum atomic E-state index is 5.11. The van der Waals surface area contributed by atoms with E-state index in [9.17, 15) is 0 Å². The SMILES string of the molecule is CNC1CCCCC1N(C)CCOC. The van der Waals surface area contributed by atoms with Gasteiger partial charge in [-0.05, 0) is 26.9 Å². The van der Waals surface area contributed by atoms with Gasteiger partial charge in [-0.25, -0.2) is 0 Å².